The number of hydrogen-bond acceptors (Lipinski definition) is 3. The zero-order chi connectivity index (χ0) is 11.5. The third kappa shape index (κ3) is 2.80. The van der Waals surface area contributed by atoms with Crippen molar-refractivity contribution >= 4 is 0 Å². The van der Waals surface area contributed by atoms with Crippen LogP contribution >= 0.6 is 0 Å². The van der Waals surface area contributed by atoms with Crippen molar-refractivity contribution in [3.05, 3.63) is 29.1 Å². The van der Waals surface area contributed by atoms with E-state index in [1.807, 2.05) is 0 Å². The molecule has 1 N–H and O–H groups in total. The maximum atomic E-state index is 4.60. The summed E-state index contributed by atoms with van der Waals surface area (Å²) in [7, 11) is 0. The first-order chi connectivity index (χ1) is 7.65. The number of nitrogens with zero attached hydrogens (tertiary/aromatic N) is 2. The van der Waals surface area contributed by atoms with Crippen LogP contribution in [0.5, 0.6) is 0 Å². The second-order valence-electron chi connectivity index (χ2n) is 4.80. The van der Waals surface area contributed by atoms with Crippen molar-refractivity contribution in [3.8, 4) is 0 Å². The highest BCUT2D eigenvalue weighted by atomic mass is 15.2. The molecule has 88 valence electrons. The average molecular weight is 219 g/mol. The maximum absolute atomic E-state index is 4.60. The Morgan fingerprint density at radius 2 is 2.25 bits per heavy atom. The van der Waals surface area contributed by atoms with E-state index in [0.717, 1.165) is 31.9 Å². The summed E-state index contributed by atoms with van der Waals surface area (Å²) in [4.78, 5) is 7.10. The van der Waals surface area contributed by atoms with Crippen LogP contribution in [0.2, 0.25) is 0 Å². The summed E-state index contributed by atoms with van der Waals surface area (Å²) in [5.74, 6) is 0. The SMILES string of the molecule is Cc1cc(C)nc(CN2CCNCC2C)c1. The van der Waals surface area contributed by atoms with Crippen LogP contribution < -0.4 is 5.32 Å². The van der Waals surface area contributed by atoms with Crippen LogP contribution in [-0.4, -0.2) is 35.6 Å². The molecule has 3 nitrogen and oxygen atoms in total. The standard InChI is InChI=1S/C13H21N3/c1-10-6-11(2)15-13(7-10)9-16-5-4-14-8-12(16)3/h6-7,12,14H,4-5,8-9H2,1-3H3. The van der Waals surface area contributed by atoms with Crippen LogP contribution in [0.4, 0.5) is 0 Å². The molecule has 0 spiro atoms. The molecule has 0 bridgehead atoms. The lowest BCUT2D eigenvalue weighted by atomic mass is 10.1. The van der Waals surface area contributed by atoms with Gasteiger partial charge >= 0.3 is 0 Å². The number of pyridine rings is 1. The number of hydrogen-bond donors (Lipinski definition) is 1. The molecule has 1 unspecified atom stereocenters. The molecule has 0 amide bonds. The van der Waals surface area contributed by atoms with Gasteiger partial charge in [-0.3, -0.25) is 9.88 Å². The molecule has 1 atom stereocenters. The summed E-state index contributed by atoms with van der Waals surface area (Å²) in [5.41, 5.74) is 3.63. The third-order valence-corrected chi connectivity index (χ3v) is 3.15. The van der Waals surface area contributed by atoms with Crippen molar-refractivity contribution in [2.75, 3.05) is 19.6 Å². The number of nitrogens with one attached hydrogen (secondary N) is 1. The smallest absolute Gasteiger partial charge is 0.0549 e. The van der Waals surface area contributed by atoms with Crippen LogP contribution in [0.25, 0.3) is 0 Å². The Balaban J connectivity index is 2.07. The van der Waals surface area contributed by atoms with Gasteiger partial charge in [0, 0.05) is 37.9 Å². The van der Waals surface area contributed by atoms with E-state index in [4.69, 9.17) is 0 Å². The third-order valence-electron chi connectivity index (χ3n) is 3.15. The van der Waals surface area contributed by atoms with E-state index in [-0.39, 0.29) is 0 Å². The molecule has 2 heterocycles. The van der Waals surface area contributed by atoms with Gasteiger partial charge in [-0.1, -0.05) is 0 Å². The summed E-state index contributed by atoms with van der Waals surface area (Å²) >= 11 is 0. The molecular weight excluding hydrogens is 198 g/mol. The van der Waals surface area contributed by atoms with Crippen molar-refractivity contribution in [1.82, 2.24) is 15.2 Å². The van der Waals surface area contributed by atoms with Gasteiger partial charge in [-0.25, -0.2) is 0 Å². The van der Waals surface area contributed by atoms with E-state index >= 15 is 0 Å². The summed E-state index contributed by atoms with van der Waals surface area (Å²) in [5, 5.41) is 3.41. The molecule has 1 aliphatic rings. The van der Waals surface area contributed by atoms with Gasteiger partial charge in [0.2, 0.25) is 0 Å². The van der Waals surface area contributed by atoms with Gasteiger partial charge in [0.15, 0.2) is 0 Å². The largest absolute Gasteiger partial charge is 0.314 e. The van der Waals surface area contributed by atoms with E-state index in [0.29, 0.717) is 6.04 Å². The quantitative estimate of drug-likeness (QED) is 0.817. The van der Waals surface area contributed by atoms with Gasteiger partial charge in [0.05, 0.1) is 5.69 Å². The molecule has 0 aliphatic carbocycles. The molecule has 1 aliphatic heterocycles. The Hall–Kier alpha value is -0.930. The number of rotatable bonds is 2. The highest BCUT2D eigenvalue weighted by molar-refractivity contribution is 5.19. The van der Waals surface area contributed by atoms with Crippen molar-refractivity contribution < 1.29 is 0 Å². The minimum absolute atomic E-state index is 0.608. The Morgan fingerprint density at radius 3 is 2.94 bits per heavy atom. The molecule has 0 aromatic carbocycles. The van der Waals surface area contributed by atoms with Crippen LogP contribution in [0.15, 0.2) is 12.1 Å². The van der Waals surface area contributed by atoms with Gasteiger partial charge < -0.3 is 5.32 Å². The van der Waals surface area contributed by atoms with E-state index in [2.05, 4.69) is 48.1 Å². The monoisotopic (exact) mass is 219 g/mol. The van der Waals surface area contributed by atoms with E-state index in [1.54, 1.807) is 0 Å². The van der Waals surface area contributed by atoms with Crippen LogP contribution in [0, 0.1) is 13.8 Å². The second kappa shape index (κ2) is 4.93. The van der Waals surface area contributed by atoms with Crippen molar-refractivity contribution in [2.45, 2.75) is 33.4 Å². The fraction of sp³-hybridized carbons (Fsp3) is 0.615. The minimum atomic E-state index is 0.608. The summed E-state index contributed by atoms with van der Waals surface area (Å²) < 4.78 is 0. The van der Waals surface area contributed by atoms with Gasteiger partial charge in [-0.05, 0) is 38.5 Å². The van der Waals surface area contributed by atoms with E-state index < -0.39 is 0 Å². The molecule has 1 aromatic heterocycles. The van der Waals surface area contributed by atoms with Crippen molar-refractivity contribution in [3.63, 3.8) is 0 Å². The normalized spacial score (nSPS) is 22.3. The molecule has 0 saturated carbocycles. The highest BCUT2D eigenvalue weighted by Gasteiger charge is 2.18. The Morgan fingerprint density at radius 1 is 1.44 bits per heavy atom. The number of piperazine rings is 1. The maximum Gasteiger partial charge on any atom is 0.0549 e. The first kappa shape index (κ1) is 11.6. The first-order valence-corrected chi connectivity index (χ1v) is 6.04. The Labute approximate surface area is 97.9 Å². The molecule has 1 aromatic rings. The first-order valence-electron chi connectivity index (χ1n) is 6.04. The number of aryl methyl sites for hydroxylation is 2. The minimum Gasteiger partial charge on any atom is -0.314 e. The predicted molar refractivity (Wildman–Crippen MR) is 66.5 cm³/mol. The molecule has 3 heteroatoms. The lowest BCUT2D eigenvalue weighted by Crippen LogP contribution is -2.49. The number of aromatic nitrogens is 1. The van der Waals surface area contributed by atoms with Crippen LogP contribution in [-0.2, 0) is 6.54 Å². The van der Waals surface area contributed by atoms with Crippen molar-refractivity contribution in [2.24, 2.45) is 0 Å². The Kier molecular flexibility index (Phi) is 3.56. The molecule has 16 heavy (non-hydrogen) atoms. The Bertz CT molecular complexity index is 342. The highest BCUT2D eigenvalue weighted by Crippen LogP contribution is 2.10. The summed E-state index contributed by atoms with van der Waals surface area (Å²) in [6, 6.07) is 4.93. The second-order valence-corrected chi connectivity index (χ2v) is 4.80. The lowest BCUT2D eigenvalue weighted by molar-refractivity contribution is 0.163. The van der Waals surface area contributed by atoms with Gasteiger partial charge in [-0.2, -0.15) is 0 Å². The molecule has 0 radical (unpaired) electrons. The van der Waals surface area contributed by atoms with Gasteiger partial charge in [0.1, 0.15) is 0 Å². The molecular formula is C13H21N3. The fourth-order valence-corrected chi connectivity index (χ4v) is 2.33. The van der Waals surface area contributed by atoms with Crippen molar-refractivity contribution in [1.29, 1.82) is 0 Å². The molecule has 1 saturated heterocycles. The van der Waals surface area contributed by atoms with Gasteiger partial charge in [-0.15, -0.1) is 0 Å². The molecule has 1 fully saturated rings. The van der Waals surface area contributed by atoms with E-state index in [9.17, 15) is 0 Å². The van der Waals surface area contributed by atoms with E-state index in [1.165, 1.54) is 11.3 Å². The topological polar surface area (TPSA) is 28.2 Å². The predicted octanol–water partition coefficient (Wildman–Crippen LogP) is 1.49. The summed E-state index contributed by atoms with van der Waals surface area (Å²) in [6.07, 6.45) is 0. The van der Waals surface area contributed by atoms with Gasteiger partial charge in [0.25, 0.3) is 0 Å². The van der Waals surface area contributed by atoms with Crippen LogP contribution in [0.1, 0.15) is 23.9 Å². The molecule has 2 rings (SSSR count). The fourth-order valence-electron chi connectivity index (χ4n) is 2.33. The average Bonchev–Trinajstić information content (AvgIpc) is 2.20. The zero-order valence-corrected chi connectivity index (χ0v) is 10.5. The lowest BCUT2D eigenvalue weighted by Gasteiger charge is -2.33. The van der Waals surface area contributed by atoms with Crippen LogP contribution in [0.3, 0.4) is 0 Å². The zero-order valence-electron chi connectivity index (χ0n) is 10.5. The summed E-state index contributed by atoms with van der Waals surface area (Å²) in [6.45, 7) is 10.8.